The number of carboxylic acid groups (broad SMARTS) is 1. The van der Waals surface area contributed by atoms with Crippen LogP contribution in [-0.4, -0.2) is 29.3 Å². The number of carbonyl (C=O) groups is 2. The highest BCUT2D eigenvalue weighted by Crippen LogP contribution is 2.52. The second-order valence-electron chi connectivity index (χ2n) is 7.27. The number of benzene rings is 1. The summed E-state index contributed by atoms with van der Waals surface area (Å²) in [5.74, 6) is -1.12. The third-order valence-corrected chi connectivity index (χ3v) is 5.19. The van der Waals surface area contributed by atoms with E-state index in [0.717, 1.165) is 16.5 Å². The van der Waals surface area contributed by atoms with Gasteiger partial charge < -0.3 is 15.2 Å². The topological polar surface area (TPSA) is 75.6 Å². The van der Waals surface area contributed by atoms with E-state index in [0.29, 0.717) is 12.8 Å². The number of hydrogen-bond donors (Lipinski definition) is 2. The Labute approximate surface area is 150 Å². The number of halogens is 1. The average molecular weight is 398 g/mol. The average Bonchev–Trinajstić information content (AvgIpc) is 2.40. The van der Waals surface area contributed by atoms with Crippen LogP contribution in [0.4, 0.5) is 4.79 Å². The molecule has 1 aliphatic carbocycles. The van der Waals surface area contributed by atoms with Crippen molar-refractivity contribution in [3.63, 3.8) is 0 Å². The van der Waals surface area contributed by atoms with E-state index in [4.69, 9.17) is 4.74 Å². The Morgan fingerprint density at radius 3 is 2.42 bits per heavy atom. The van der Waals surface area contributed by atoms with Crippen LogP contribution >= 0.6 is 15.9 Å². The van der Waals surface area contributed by atoms with Gasteiger partial charge in [0.15, 0.2) is 0 Å². The smallest absolute Gasteiger partial charge is 0.407 e. The molecule has 0 aromatic heterocycles. The van der Waals surface area contributed by atoms with Crippen molar-refractivity contribution in [2.75, 3.05) is 6.54 Å². The van der Waals surface area contributed by atoms with Gasteiger partial charge >= 0.3 is 12.1 Å². The zero-order valence-corrected chi connectivity index (χ0v) is 15.9. The quantitative estimate of drug-likeness (QED) is 0.775. The minimum absolute atomic E-state index is 0.226. The predicted molar refractivity (Wildman–Crippen MR) is 95.0 cm³/mol. The molecule has 1 fully saturated rings. The van der Waals surface area contributed by atoms with Crippen molar-refractivity contribution >= 4 is 28.0 Å². The van der Waals surface area contributed by atoms with E-state index in [2.05, 4.69) is 21.2 Å². The van der Waals surface area contributed by atoms with Crippen molar-refractivity contribution in [2.45, 2.75) is 51.6 Å². The molecule has 1 aromatic rings. The summed E-state index contributed by atoms with van der Waals surface area (Å²) >= 11 is 3.51. The minimum Gasteiger partial charge on any atom is -0.481 e. The lowest BCUT2D eigenvalue weighted by molar-refractivity contribution is -0.156. The third-order valence-electron chi connectivity index (χ3n) is 4.47. The maximum atomic E-state index is 12.0. The largest absolute Gasteiger partial charge is 0.481 e. The summed E-state index contributed by atoms with van der Waals surface area (Å²) in [6, 6.07) is 7.58. The molecule has 0 saturated heterocycles. The van der Waals surface area contributed by atoms with Gasteiger partial charge in [-0.2, -0.15) is 0 Å². The van der Waals surface area contributed by atoms with E-state index in [9.17, 15) is 14.7 Å². The molecule has 0 heterocycles. The van der Waals surface area contributed by atoms with Crippen molar-refractivity contribution in [1.29, 1.82) is 0 Å². The molecule has 1 unspecified atom stereocenters. The highest BCUT2D eigenvalue weighted by Gasteiger charge is 2.51. The van der Waals surface area contributed by atoms with E-state index in [1.54, 1.807) is 20.8 Å². The Morgan fingerprint density at radius 1 is 1.33 bits per heavy atom. The molecule has 2 N–H and O–H groups in total. The van der Waals surface area contributed by atoms with Crippen LogP contribution in [0.1, 0.15) is 51.5 Å². The number of alkyl carbamates (subject to hydrolysis) is 1. The van der Waals surface area contributed by atoms with Crippen molar-refractivity contribution in [2.24, 2.45) is 5.41 Å². The fourth-order valence-electron chi connectivity index (χ4n) is 3.13. The monoisotopic (exact) mass is 397 g/mol. The molecule has 132 valence electrons. The summed E-state index contributed by atoms with van der Waals surface area (Å²) in [5, 5.41) is 12.5. The van der Waals surface area contributed by atoms with Gasteiger partial charge in [0.25, 0.3) is 0 Å². The molecule has 1 aliphatic rings. The molecule has 1 saturated carbocycles. The van der Waals surface area contributed by atoms with Crippen LogP contribution in [-0.2, 0) is 9.53 Å². The fraction of sp³-hybridized carbons (Fsp3) is 0.556. The molecule has 1 atom stereocenters. The molecule has 0 radical (unpaired) electrons. The van der Waals surface area contributed by atoms with Crippen molar-refractivity contribution in [3.8, 4) is 0 Å². The third kappa shape index (κ3) is 4.09. The Hall–Kier alpha value is -1.56. The molecule has 24 heavy (non-hydrogen) atoms. The van der Waals surface area contributed by atoms with Crippen LogP contribution < -0.4 is 5.32 Å². The number of nitrogens with one attached hydrogen (secondary N) is 1. The molecule has 5 nitrogen and oxygen atoms in total. The van der Waals surface area contributed by atoms with Crippen LogP contribution in [0.15, 0.2) is 28.7 Å². The summed E-state index contributed by atoms with van der Waals surface area (Å²) in [7, 11) is 0. The van der Waals surface area contributed by atoms with Gasteiger partial charge in [-0.3, -0.25) is 4.79 Å². The molecule has 6 heteroatoms. The first-order valence-corrected chi connectivity index (χ1v) is 8.90. The highest BCUT2D eigenvalue weighted by molar-refractivity contribution is 9.10. The van der Waals surface area contributed by atoms with Crippen LogP contribution in [0.25, 0.3) is 0 Å². The lowest BCUT2D eigenvalue weighted by Crippen LogP contribution is -2.48. The van der Waals surface area contributed by atoms with Crippen molar-refractivity contribution in [3.05, 3.63) is 34.3 Å². The maximum absolute atomic E-state index is 12.0. The Bertz CT molecular complexity index is 620. The maximum Gasteiger partial charge on any atom is 0.407 e. The van der Waals surface area contributed by atoms with Crippen molar-refractivity contribution < 1.29 is 19.4 Å². The lowest BCUT2D eigenvalue weighted by atomic mass is 9.59. The number of carbonyl (C=O) groups excluding carboxylic acids is 1. The minimum atomic E-state index is -0.834. The number of amides is 1. The number of rotatable bonds is 5. The molecule has 1 amide bonds. The highest BCUT2D eigenvalue weighted by atomic mass is 79.9. The Morgan fingerprint density at radius 2 is 1.96 bits per heavy atom. The number of aliphatic carboxylic acids is 1. The van der Waals surface area contributed by atoms with E-state index in [1.165, 1.54) is 0 Å². The van der Waals surface area contributed by atoms with E-state index in [-0.39, 0.29) is 12.5 Å². The van der Waals surface area contributed by atoms with Gasteiger partial charge in [-0.05, 0) is 45.2 Å². The molecule has 1 aromatic carbocycles. The van der Waals surface area contributed by atoms with Crippen LogP contribution in [0.2, 0.25) is 0 Å². The van der Waals surface area contributed by atoms with Crippen LogP contribution in [0.5, 0.6) is 0 Å². The lowest BCUT2D eigenvalue weighted by Gasteiger charge is -2.44. The van der Waals surface area contributed by atoms with Gasteiger partial charge in [0.1, 0.15) is 5.60 Å². The normalized spacial score (nSPS) is 17.5. The standard InChI is InChI=1S/C18H24BrNO4/c1-17(2,3)24-16(23)20-11-13(12-7-4-5-8-14(12)19)18(15(21)22)9-6-10-18/h4-5,7-8,13H,6,9-11H2,1-3H3,(H,20,23)(H,21,22). The SMILES string of the molecule is CC(C)(C)OC(=O)NCC(c1ccccc1Br)C1(C(=O)O)CCC1. The molecular weight excluding hydrogens is 374 g/mol. The first kappa shape index (κ1) is 18.8. The number of ether oxygens (including phenoxy) is 1. The summed E-state index contributed by atoms with van der Waals surface area (Å²) in [6.45, 7) is 5.61. The Balaban J connectivity index is 2.23. The van der Waals surface area contributed by atoms with Gasteiger partial charge in [-0.15, -0.1) is 0 Å². The summed E-state index contributed by atoms with van der Waals surface area (Å²) in [4.78, 5) is 23.9. The first-order valence-electron chi connectivity index (χ1n) is 8.10. The van der Waals surface area contributed by atoms with Crippen LogP contribution in [0.3, 0.4) is 0 Å². The van der Waals surface area contributed by atoms with E-state index >= 15 is 0 Å². The number of carboxylic acids is 1. The zero-order valence-electron chi connectivity index (χ0n) is 14.3. The summed E-state index contributed by atoms with van der Waals surface area (Å²) in [5.41, 5.74) is -0.525. The Kier molecular flexibility index (Phi) is 5.58. The predicted octanol–water partition coefficient (Wildman–Crippen LogP) is 4.31. The molecule has 0 bridgehead atoms. The summed E-state index contributed by atoms with van der Waals surface area (Å²) < 4.78 is 6.12. The fourth-order valence-corrected chi connectivity index (χ4v) is 3.69. The van der Waals surface area contributed by atoms with Gasteiger partial charge in [0.05, 0.1) is 5.41 Å². The second-order valence-corrected chi connectivity index (χ2v) is 8.13. The second kappa shape index (κ2) is 7.13. The van der Waals surface area contributed by atoms with E-state index in [1.807, 2.05) is 24.3 Å². The molecular formula is C18H24BrNO4. The summed E-state index contributed by atoms with van der Waals surface area (Å²) in [6.07, 6.45) is 1.59. The number of hydrogen-bond acceptors (Lipinski definition) is 3. The van der Waals surface area contributed by atoms with Gasteiger partial charge in [0, 0.05) is 16.9 Å². The van der Waals surface area contributed by atoms with E-state index < -0.39 is 23.1 Å². The van der Waals surface area contributed by atoms with Crippen molar-refractivity contribution in [1.82, 2.24) is 5.32 Å². The first-order chi connectivity index (χ1) is 11.2. The van der Waals surface area contributed by atoms with Gasteiger partial charge in [0.2, 0.25) is 0 Å². The van der Waals surface area contributed by atoms with Crippen LogP contribution in [0, 0.1) is 5.41 Å². The molecule has 0 spiro atoms. The van der Waals surface area contributed by atoms with Gasteiger partial charge in [-0.1, -0.05) is 40.5 Å². The zero-order chi connectivity index (χ0) is 18.0. The molecule has 0 aliphatic heterocycles. The van der Waals surface area contributed by atoms with Gasteiger partial charge in [-0.25, -0.2) is 4.79 Å². The molecule has 2 rings (SSSR count).